The number of halogens is 2. The van der Waals surface area contributed by atoms with Gasteiger partial charge >= 0.3 is 0 Å². The van der Waals surface area contributed by atoms with Crippen LogP contribution < -0.4 is 10.5 Å². The number of aryl methyl sites for hydroxylation is 1. The van der Waals surface area contributed by atoms with Crippen LogP contribution in [0.5, 0.6) is 0 Å². The van der Waals surface area contributed by atoms with Gasteiger partial charge in [0.1, 0.15) is 11.5 Å². The summed E-state index contributed by atoms with van der Waals surface area (Å²) in [4.78, 5) is -0.130. The van der Waals surface area contributed by atoms with Crippen molar-refractivity contribution < 1.29 is 12.8 Å². The molecule has 3 N–H and O–H groups in total. The molecule has 0 saturated carbocycles. The molecule has 0 aliphatic carbocycles. The minimum atomic E-state index is -3.83. The Balaban J connectivity index is 0.00000312. The highest BCUT2D eigenvalue weighted by Crippen LogP contribution is 2.19. The Bertz CT molecular complexity index is 808. The third-order valence-corrected chi connectivity index (χ3v) is 5.07. The van der Waals surface area contributed by atoms with Crippen molar-refractivity contribution >= 4 is 22.4 Å². The van der Waals surface area contributed by atoms with Crippen molar-refractivity contribution in [2.45, 2.75) is 38.1 Å². The molecule has 140 valence electrons. The lowest BCUT2D eigenvalue weighted by Gasteiger charge is -2.19. The molecule has 0 aliphatic heterocycles. The SMILES string of the molecule is Cc1cnn(-c2ccc(S(=O)(=O)NC(CN)CC(C)C)cc2F)c1.Cl. The van der Waals surface area contributed by atoms with E-state index in [9.17, 15) is 12.8 Å². The molecule has 6 nitrogen and oxygen atoms in total. The van der Waals surface area contributed by atoms with Crippen molar-refractivity contribution in [1.29, 1.82) is 0 Å². The van der Waals surface area contributed by atoms with Gasteiger partial charge < -0.3 is 5.73 Å². The quantitative estimate of drug-likeness (QED) is 0.759. The summed E-state index contributed by atoms with van der Waals surface area (Å²) >= 11 is 0. The topological polar surface area (TPSA) is 90.0 Å². The van der Waals surface area contributed by atoms with Crippen molar-refractivity contribution in [1.82, 2.24) is 14.5 Å². The highest BCUT2D eigenvalue weighted by molar-refractivity contribution is 7.89. The summed E-state index contributed by atoms with van der Waals surface area (Å²) in [6.07, 6.45) is 3.88. The van der Waals surface area contributed by atoms with Crippen LogP contribution in [0.3, 0.4) is 0 Å². The molecule has 0 saturated heterocycles. The van der Waals surface area contributed by atoms with Crippen LogP contribution in [0, 0.1) is 18.7 Å². The summed E-state index contributed by atoms with van der Waals surface area (Å²) in [5, 5.41) is 4.03. The van der Waals surface area contributed by atoms with E-state index < -0.39 is 15.8 Å². The number of sulfonamides is 1. The van der Waals surface area contributed by atoms with Gasteiger partial charge in [0.2, 0.25) is 10.0 Å². The second-order valence-electron chi connectivity index (χ2n) is 6.26. The molecule has 0 radical (unpaired) electrons. The first-order valence-corrected chi connectivity index (χ1v) is 9.25. The number of nitrogens with zero attached hydrogens (tertiary/aromatic N) is 2. The predicted molar refractivity (Wildman–Crippen MR) is 98.1 cm³/mol. The first kappa shape index (κ1) is 21.6. The van der Waals surface area contributed by atoms with E-state index in [4.69, 9.17) is 5.73 Å². The molecular weight excluding hydrogens is 367 g/mol. The summed E-state index contributed by atoms with van der Waals surface area (Å²) in [6, 6.07) is 3.38. The summed E-state index contributed by atoms with van der Waals surface area (Å²) in [6.45, 7) is 5.99. The molecule has 1 aromatic heterocycles. The standard InChI is InChI=1S/C16H23FN4O2S.ClH/c1-11(2)6-13(8-18)20-24(22,23)14-4-5-16(15(17)7-14)21-10-12(3)9-19-21;/h4-5,7,9-11,13,20H,6,8,18H2,1-3H3;1H. The van der Waals surface area contributed by atoms with Crippen molar-refractivity contribution in [3.63, 3.8) is 0 Å². The molecule has 0 fully saturated rings. The largest absolute Gasteiger partial charge is 0.329 e. The molecular formula is C16H24ClFN4O2S. The van der Waals surface area contributed by atoms with Crippen LogP contribution in [0.1, 0.15) is 25.8 Å². The maximum atomic E-state index is 14.3. The zero-order valence-electron chi connectivity index (χ0n) is 14.4. The zero-order chi connectivity index (χ0) is 17.9. The zero-order valence-corrected chi connectivity index (χ0v) is 16.1. The van der Waals surface area contributed by atoms with E-state index in [1.807, 2.05) is 20.8 Å². The van der Waals surface area contributed by atoms with E-state index in [0.29, 0.717) is 12.3 Å². The third-order valence-electron chi connectivity index (χ3n) is 3.55. The number of hydrogen-bond acceptors (Lipinski definition) is 4. The Morgan fingerprint density at radius 3 is 2.52 bits per heavy atom. The summed E-state index contributed by atoms with van der Waals surface area (Å²) in [5.41, 5.74) is 6.70. The lowest BCUT2D eigenvalue weighted by atomic mass is 10.1. The van der Waals surface area contributed by atoms with Gasteiger partial charge in [0.25, 0.3) is 0 Å². The minimum absolute atomic E-state index is 0. The molecule has 0 aliphatic rings. The number of hydrogen-bond donors (Lipinski definition) is 2. The summed E-state index contributed by atoms with van der Waals surface area (Å²) < 4.78 is 43.1. The number of benzene rings is 1. The second kappa shape index (κ2) is 8.75. The van der Waals surface area contributed by atoms with Crippen LogP contribution in [-0.2, 0) is 10.0 Å². The molecule has 1 unspecified atom stereocenters. The average molecular weight is 391 g/mol. The van der Waals surface area contributed by atoms with Gasteiger partial charge in [-0.15, -0.1) is 12.4 Å². The van der Waals surface area contributed by atoms with Gasteiger partial charge in [-0.3, -0.25) is 0 Å². The Kier molecular flexibility index (Phi) is 7.55. The maximum Gasteiger partial charge on any atom is 0.240 e. The monoisotopic (exact) mass is 390 g/mol. The summed E-state index contributed by atoms with van der Waals surface area (Å²) in [7, 11) is -3.83. The van der Waals surface area contributed by atoms with Crippen LogP contribution in [0.15, 0.2) is 35.5 Å². The maximum absolute atomic E-state index is 14.3. The fraction of sp³-hybridized carbons (Fsp3) is 0.438. The minimum Gasteiger partial charge on any atom is -0.329 e. The first-order valence-electron chi connectivity index (χ1n) is 7.76. The molecule has 2 rings (SSSR count). The van der Waals surface area contributed by atoms with E-state index in [1.54, 1.807) is 12.4 Å². The molecule has 1 heterocycles. The van der Waals surface area contributed by atoms with Gasteiger partial charge in [-0.1, -0.05) is 13.8 Å². The Morgan fingerprint density at radius 2 is 2.04 bits per heavy atom. The number of nitrogens with two attached hydrogens (primary N) is 1. The van der Waals surface area contributed by atoms with Crippen LogP contribution in [-0.4, -0.2) is 30.8 Å². The smallest absolute Gasteiger partial charge is 0.240 e. The van der Waals surface area contributed by atoms with Crippen molar-refractivity contribution in [3.05, 3.63) is 42.0 Å². The van der Waals surface area contributed by atoms with Gasteiger partial charge in [0.15, 0.2) is 0 Å². The lowest BCUT2D eigenvalue weighted by Crippen LogP contribution is -2.41. The Hall–Kier alpha value is -1.48. The van der Waals surface area contributed by atoms with Gasteiger partial charge in [-0.25, -0.2) is 22.2 Å². The average Bonchev–Trinajstić information content (AvgIpc) is 2.92. The Labute approximate surface area is 154 Å². The van der Waals surface area contributed by atoms with E-state index in [-0.39, 0.29) is 35.6 Å². The predicted octanol–water partition coefficient (Wildman–Crippen LogP) is 2.39. The number of aromatic nitrogens is 2. The van der Waals surface area contributed by atoms with Crippen LogP contribution >= 0.6 is 12.4 Å². The third kappa shape index (κ3) is 5.50. The van der Waals surface area contributed by atoms with Gasteiger partial charge in [0.05, 0.1) is 11.1 Å². The molecule has 25 heavy (non-hydrogen) atoms. The van der Waals surface area contributed by atoms with Crippen molar-refractivity contribution in [2.24, 2.45) is 11.7 Å². The molecule has 1 atom stereocenters. The Morgan fingerprint density at radius 1 is 1.36 bits per heavy atom. The van der Waals surface area contributed by atoms with Gasteiger partial charge in [0, 0.05) is 18.8 Å². The van der Waals surface area contributed by atoms with E-state index in [2.05, 4.69) is 9.82 Å². The molecule has 0 bridgehead atoms. The second-order valence-corrected chi connectivity index (χ2v) is 7.97. The van der Waals surface area contributed by atoms with Crippen LogP contribution in [0.2, 0.25) is 0 Å². The number of nitrogens with one attached hydrogen (secondary N) is 1. The fourth-order valence-electron chi connectivity index (χ4n) is 2.43. The molecule has 1 aromatic carbocycles. The van der Waals surface area contributed by atoms with E-state index >= 15 is 0 Å². The molecule has 2 aromatic rings. The molecule has 0 amide bonds. The van der Waals surface area contributed by atoms with E-state index in [1.165, 1.54) is 16.8 Å². The normalized spacial score (nSPS) is 12.9. The molecule has 9 heteroatoms. The highest BCUT2D eigenvalue weighted by atomic mass is 35.5. The van der Waals surface area contributed by atoms with Crippen LogP contribution in [0.4, 0.5) is 4.39 Å². The van der Waals surface area contributed by atoms with Gasteiger partial charge in [-0.05, 0) is 43.0 Å². The van der Waals surface area contributed by atoms with Crippen molar-refractivity contribution in [3.8, 4) is 5.69 Å². The molecule has 0 spiro atoms. The highest BCUT2D eigenvalue weighted by Gasteiger charge is 2.21. The fourth-order valence-corrected chi connectivity index (χ4v) is 3.71. The van der Waals surface area contributed by atoms with Crippen LogP contribution in [0.25, 0.3) is 5.69 Å². The lowest BCUT2D eigenvalue weighted by molar-refractivity contribution is 0.465. The van der Waals surface area contributed by atoms with Gasteiger partial charge in [-0.2, -0.15) is 5.10 Å². The van der Waals surface area contributed by atoms with Crippen molar-refractivity contribution in [2.75, 3.05) is 6.54 Å². The first-order chi connectivity index (χ1) is 11.2. The van der Waals surface area contributed by atoms with E-state index in [0.717, 1.165) is 11.6 Å². The number of rotatable bonds is 7. The summed E-state index contributed by atoms with van der Waals surface area (Å²) in [5.74, 6) is -0.363.